The topological polar surface area (TPSA) is 29.5 Å². The fourth-order valence-corrected chi connectivity index (χ4v) is 2.64. The van der Waals surface area contributed by atoms with Crippen molar-refractivity contribution in [3.05, 3.63) is 0 Å². The zero-order valence-electron chi connectivity index (χ0n) is 9.58. The van der Waals surface area contributed by atoms with E-state index in [4.69, 9.17) is 4.74 Å². The normalized spacial score (nSPS) is 27.9. The van der Waals surface area contributed by atoms with Gasteiger partial charge in [-0.05, 0) is 19.3 Å². The van der Waals surface area contributed by atoms with Gasteiger partial charge in [0.05, 0.1) is 12.6 Å². The number of carbonyl (C=O) groups excluding carboxylic acids is 1. The lowest BCUT2D eigenvalue weighted by Crippen LogP contribution is -2.41. The average Bonchev–Trinajstić information content (AvgIpc) is 2.82. The van der Waals surface area contributed by atoms with Crippen molar-refractivity contribution in [3.8, 4) is 0 Å². The molecule has 0 aromatic rings. The summed E-state index contributed by atoms with van der Waals surface area (Å²) in [6, 6.07) is 0.333. The molecule has 0 bridgehead atoms. The number of hydrogen-bond donors (Lipinski definition) is 0. The molecule has 0 aromatic heterocycles. The Kier molecular flexibility index (Phi) is 3.62. The molecule has 1 atom stereocenters. The Bertz CT molecular complexity index is 218. The van der Waals surface area contributed by atoms with Crippen LogP contribution < -0.4 is 0 Å². The van der Waals surface area contributed by atoms with Crippen LogP contribution in [0, 0.1) is 5.92 Å². The van der Waals surface area contributed by atoms with Crippen molar-refractivity contribution in [1.29, 1.82) is 0 Å². The maximum absolute atomic E-state index is 12.2. The molecule has 1 aliphatic carbocycles. The fraction of sp³-hybridized carbons (Fsp3) is 0.917. The highest BCUT2D eigenvalue weighted by molar-refractivity contribution is 5.79. The summed E-state index contributed by atoms with van der Waals surface area (Å²) in [7, 11) is 1.94. The Morgan fingerprint density at radius 1 is 1.20 bits per heavy atom. The van der Waals surface area contributed by atoms with Crippen LogP contribution in [-0.2, 0) is 9.53 Å². The Morgan fingerprint density at radius 3 is 2.53 bits per heavy atom. The van der Waals surface area contributed by atoms with Gasteiger partial charge in [-0.25, -0.2) is 0 Å². The van der Waals surface area contributed by atoms with Gasteiger partial charge in [0.25, 0.3) is 0 Å². The van der Waals surface area contributed by atoms with Crippen molar-refractivity contribution in [1.82, 2.24) is 4.90 Å². The molecular formula is C12H21NO2. The molecule has 1 heterocycles. The molecule has 1 saturated heterocycles. The lowest BCUT2D eigenvalue weighted by Gasteiger charge is -2.29. The third kappa shape index (κ3) is 2.51. The van der Waals surface area contributed by atoms with Crippen molar-refractivity contribution < 1.29 is 9.53 Å². The minimum Gasteiger partial charge on any atom is -0.379 e. The molecule has 0 aromatic carbocycles. The summed E-state index contributed by atoms with van der Waals surface area (Å²) >= 11 is 0. The summed E-state index contributed by atoms with van der Waals surface area (Å²) in [5.74, 6) is 0.648. The van der Waals surface area contributed by atoms with E-state index >= 15 is 0 Å². The Labute approximate surface area is 91.8 Å². The summed E-state index contributed by atoms with van der Waals surface area (Å²) in [5, 5.41) is 0. The van der Waals surface area contributed by atoms with Crippen molar-refractivity contribution >= 4 is 5.91 Å². The van der Waals surface area contributed by atoms with E-state index in [1.807, 2.05) is 11.9 Å². The number of ether oxygens (including phenoxy) is 1. The van der Waals surface area contributed by atoms with Gasteiger partial charge >= 0.3 is 0 Å². The SMILES string of the molecule is CN(C(=O)C1CCCCC1)C1CCOC1. The summed E-state index contributed by atoms with van der Waals surface area (Å²) in [5.41, 5.74) is 0. The average molecular weight is 211 g/mol. The van der Waals surface area contributed by atoms with Crippen LogP contribution in [0.4, 0.5) is 0 Å². The minimum atomic E-state index is 0.296. The van der Waals surface area contributed by atoms with E-state index in [0.717, 1.165) is 32.5 Å². The molecule has 0 N–H and O–H groups in total. The van der Waals surface area contributed by atoms with Crippen LogP contribution in [0.15, 0.2) is 0 Å². The van der Waals surface area contributed by atoms with Gasteiger partial charge in [-0.2, -0.15) is 0 Å². The zero-order chi connectivity index (χ0) is 10.7. The molecule has 2 aliphatic rings. The Morgan fingerprint density at radius 2 is 1.93 bits per heavy atom. The summed E-state index contributed by atoms with van der Waals surface area (Å²) < 4.78 is 5.32. The third-order valence-electron chi connectivity index (χ3n) is 3.76. The maximum atomic E-state index is 12.2. The molecule has 0 radical (unpaired) electrons. The molecule has 1 unspecified atom stereocenters. The number of hydrogen-bond acceptors (Lipinski definition) is 2. The monoisotopic (exact) mass is 211 g/mol. The molecule has 15 heavy (non-hydrogen) atoms. The van der Waals surface area contributed by atoms with E-state index in [1.54, 1.807) is 0 Å². The molecular weight excluding hydrogens is 190 g/mol. The van der Waals surface area contributed by atoms with Crippen LogP contribution in [0.1, 0.15) is 38.5 Å². The minimum absolute atomic E-state index is 0.296. The quantitative estimate of drug-likeness (QED) is 0.697. The van der Waals surface area contributed by atoms with Gasteiger partial charge in [0, 0.05) is 19.6 Å². The highest BCUT2D eigenvalue weighted by Crippen LogP contribution is 2.26. The van der Waals surface area contributed by atoms with Crippen LogP contribution in [0.5, 0.6) is 0 Å². The maximum Gasteiger partial charge on any atom is 0.225 e. The van der Waals surface area contributed by atoms with Crippen LogP contribution in [0.25, 0.3) is 0 Å². The number of amides is 1. The largest absolute Gasteiger partial charge is 0.379 e. The van der Waals surface area contributed by atoms with E-state index in [9.17, 15) is 4.79 Å². The predicted molar refractivity (Wildman–Crippen MR) is 58.6 cm³/mol. The van der Waals surface area contributed by atoms with Crippen molar-refractivity contribution in [2.45, 2.75) is 44.6 Å². The van der Waals surface area contributed by atoms with Crippen LogP contribution in [0.2, 0.25) is 0 Å². The van der Waals surface area contributed by atoms with Gasteiger partial charge in [-0.15, -0.1) is 0 Å². The van der Waals surface area contributed by atoms with Crippen molar-refractivity contribution in [3.63, 3.8) is 0 Å². The lowest BCUT2D eigenvalue weighted by atomic mass is 9.88. The van der Waals surface area contributed by atoms with E-state index in [-0.39, 0.29) is 0 Å². The number of likely N-dealkylation sites (N-methyl/N-ethyl adjacent to an activating group) is 1. The molecule has 1 aliphatic heterocycles. The molecule has 2 fully saturated rings. The van der Waals surface area contributed by atoms with E-state index < -0.39 is 0 Å². The Balaban J connectivity index is 1.87. The molecule has 0 spiro atoms. The molecule has 1 amide bonds. The van der Waals surface area contributed by atoms with Gasteiger partial charge in [-0.3, -0.25) is 4.79 Å². The highest BCUT2D eigenvalue weighted by atomic mass is 16.5. The second kappa shape index (κ2) is 4.97. The first-order chi connectivity index (χ1) is 7.29. The first-order valence-corrected chi connectivity index (χ1v) is 6.13. The number of carbonyl (C=O) groups is 1. The predicted octanol–water partition coefficient (Wildman–Crippen LogP) is 1.81. The standard InChI is InChI=1S/C12H21NO2/c1-13(11-7-8-15-9-11)12(14)10-5-3-2-4-6-10/h10-11H,2-9H2,1H3. The number of rotatable bonds is 2. The summed E-state index contributed by atoms with van der Waals surface area (Å²) in [6.45, 7) is 1.54. The zero-order valence-corrected chi connectivity index (χ0v) is 9.58. The number of nitrogens with zero attached hydrogens (tertiary/aromatic N) is 1. The third-order valence-corrected chi connectivity index (χ3v) is 3.76. The van der Waals surface area contributed by atoms with Crippen LogP contribution >= 0.6 is 0 Å². The molecule has 86 valence electrons. The van der Waals surface area contributed by atoms with E-state index in [1.165, 1.54) is 19.3 Å². The molecule has 1 saturated carbocycles. The summed E-state index contributed by atoms with van der Waals surface area (Å²) in [4.78, 5) is 14.1. The van der Waals surface area contributed by atoms with Crippen molar-refractivity contribution in [2.24, 2.45) is 5.92 Å². The molecule has 3 nitrogen and oxygen atoms in total. The van der Waals surface area contributed by atoms with Gasteiger partial charge in [0.15, 0.2) is 0 Å². The van der Waals surface area contributed by atoms with E-state index in [2.05, 4.69) is 0 Å². The molecule has 3 heteroatoms. The first kappa shape index (κ1) is 10.9. The van der Waals surface area contributed by atoms with Gasteiger partial charge in [0.2, 0.25) is 5.91 Å². The van der Waals surface area contributed by atoms with Crippen LogP contribution in [0.3, 0.4) is 0 Å². The van der Waals surface area contributed by atoms with Crippen molar-refractivity contribution in [2.75, 3.05) is 20.3 Å². The van der Waals surface area contributed by atoms with Gasteiger partial charge < -0.3 is 9.64 Å². The second-order valence-electron chi connectivity index (χ2n) is 4.80. The first-order valence-electron chi connectivity index (χ1n) is 6.13. The van der Waals surface area contributed by atoms with E-state index in [0.29, 0.717) is 17.9 Å². The fourth-order valence-electron chi connectivity index (χ4n) is 2.64. The van der Waals surface area contributed by atoms with Crippen LogP contribution in [-0.4, -0.2) is 37.1 Å². The Hall–Kier alpha value is -0.570. The molecule has 2 rings (SSSR count). The smallest absolute Gasteiger partial charge is 0.225 e. The van der Waals surface area contributed by atoms with Gasteiger partial charge in [0.1, 0.15) is 0 Å². The second-order valence-corrected chi connectivity index (χ2v) is 4.80. The highest BCUT2D eigenvalue weighted by Gasteiger charge is 2.29. The summed E-state index contributed by atoms with van der Waals surface area (Å²) in [6.07, 6.45) is 6.96. The van der Waals surface area contributed by atoms with Gasteiger partial charge in [-0.1, -0.05) is 19.3 Å². The lowest BCUT2D eigenvalue weighted by molar-refractivity contribution is -0.137.